The van der Waals surface area contributed by atoms with E-state index in [1.54, 1.807) is 19.1 Å². The van der Waals surface area contributed by atoms with Gasteiger partial charge >= 0.3 is 0 Å². The fraction of sp³-hybridized carbons (Fsp3) is 0.167. The van der Waals surface area contributed by atoms with Gasteiger partial charge in [0.05, 0.1) is 0 Å². The molecule has 0 saturated carbocycles. The van der Waals surface area contributed by atoms with Crippen molar-refractivity contribution in [2.75, 3.05) is 0 Å². The van der Waals surface area contributed by atoms with Crippen LogP contribution in [0.25, 0.3) is 0 Å². The molecule has 3 nitrogen and oxygen atoms in total. The maximum absolute atomic E-state index is 13.2. The average Bonchev–Trinajstić information content (AvgIpc) is 2.28. The van der Waals surface area contributed by atoms with Crippen molar-refractivity contribution >= 4 is 0 Å². The van der Waals surface area contributed by atoms with E-state index in [-0.39, 0.29) is 11.6 Å². The van der Waals surface area contributed by atoms with Crippen molar-refractivity contribution in [2.45, 2.75) is 13.0 Å². The third-order valence-corrected chi connectivity index (χ3v) is 2.21. The van der Waals surface area contributed by atoms with E-state index >= 15 is 0 Å². The first kappa shape index (κ1) is 10.7. The molecule has 82 valence electrons. The number of halogens is 1. The maximum Gasteiger partial charge on any atom is 0.161 e. The number of nitrogens with zero attached hydrogens (tertiary/aromatic N) is 2. The van der Waals surface area contributed by atoms with E-state index in [4.69, 9.17) is 0 Å². The number of aliphatic hydroxyl groups is 1. The summed E-state index contributed by atoms with van der Waals surface area (Å²) in [6.45, 7) is 1.77. The second kappa shape index (κ2) is 4.37. The zero-order valence-electron chi connectivity index (χ0n) is 8.76. The van der Waals surface area contributed by atoms with E-state index in [0.29, 0.717) is 5.56 Å². The smallest absolute Gasteiger partial charge is 0.161 e. The molecule has 0 aliphatic heterocycles. The van der Waals surface area contributed by atoms with Crippen LogP contribution in [0.5, 0.6) is 0 Å². The van der Waals surface area contributed by atoms with Crippen LogP contribution in [0.2, 0.25) is 0 Å². The van der Waals surface area contributed by atoms with Crippen molar-refractivity contribution in [2.24, 2.45) is 0 Å². The van der Waals surface area contributed by atoms with Gasteiger partial charge in [-0.3, -0.25) is 0 Å². The quantitative estimate of drug-likeness (QED) is 0.838. The number of aliphatic hydroxyl groups excluding tert-OH is 1. The van der Waals surface area contributed by atoms with Crippen LogP contribution in [-0.4, -0.2) is 15.1 Å². The summed E-state index contributed by atoms with van der Waals surface area (Å²) in [4.78, 5) is 7.86. The van der Waals surface area contributed by atoms with Crippen LogP contribution >= 0.6 is 0 Å². The molecule has 1 aromatic carbocycles. The van der Waals surface area contributed by atoms with E-state index in [1.807, 2.05) is 0 Å². The fourth-order valence-corrected chi connectivity index (χ4v) is 1.52. The van der Waals surface area contributed by atoms with E-state index in [1.165, 1.54) is 24.5 Å². The molecular weight excluding hydrogens is 207 g/mol. The second-order valence-corrected chi connectivity index (χ2v) is 3.57. The third kappa shape index (κ3) is 2.23. The predicted molar refractivity (Wildman–Crippen MR) is 57.2 cm³/mol. The molecule has 0 amide bonds. The van der Waals surface area contributed by atoms with Gasteiger partial charge in [0.1, 0.15) is 11.9 Å². The van der Waals surface area contributed by atoms with Crippen LogP contribution in [0.1, 0.15) is 23.1 Å². The molecule has 0 spiro atoms. The fourth-order valence-electron chi connectivity index (χ4n) is 1.52. The van der Waals surface area contributed by atoms with Crippen LogP contribution < -0.4 is 0 Å². The van der Waals surface area contributed by atoms with Gasteiger partial charge in [0.2, 0.25) is 0 Å². The van der Waals surface area contributed by atoms with Crippen molar-refractivity contribution in [3.8, 4) is 0 Å². The molecule has 1 N–H and O–H groups in total. The monoisotopic (exact) mass is 218 g/mol. The Morgan fingerprint density at radius 2 is 1.88 bits per heavy atom. The molecule has 1 unspecified atom stereocenters. The Morgan fingerprint density at radius 1 is 1.19 bits per heavy atom. The zero-order chi connectivity index (χ0) is 11.5. The Bertz CT molecular complexity index is 467. The minimum atomic E-state index is -0.990. The lowest BCUT2D eigenvalue weighted by molar-refractivity contribution is 0.209. The summed E-state index contributed by atoms with van der Waals surface area (Å²) < 4.78 is 13.2. The SMILES string of the molecule is Cc1cc(F)cc(C(O)c2ncccn2)c1. The third-order valence-electron chi connectivity index (χ3n) is 2.21. The summed E-state index contributed by atoms with van der Waals surface area (Å²) in [7, 11) is 0. The largest absolute Gasteiger partial charge is 0.380 e. The lowest BCUT2D eigenvalue weighted by Gasteiger charge is -2.10. The molecule has 0 saturated heterocycles. The highest BCUT2D eigenvalue weighted by Gasteiger charge is 2.13. The maximum atomic E-state index is 13.2. The Hall–Kier alpha value is -1.81. The summed E-state index contributed by atoms with van der Waals surface area (Å²) in [5.74, 6) is -0.0996. The standard InChI is InChI=1S/C12H11FN2O/c1-8-5-9(7-10(13)6-8)11(16)12-14-3-2-4-15-12/h2-7,11,16H,1H3. The molecule has 16 heavy (non-hydrogen) atoms. The summed E-state index contributed by atoms with van der Waals surface area (Å²) in [5, 5.41) is 9.95. The molecule has 0 aliphatic rings. The second-order valence-electron chi connectivity index (χ2n) is 3.57. The van der Waals surface area contributed by atoms with Crippen molar-refractivity contribution < 1.29 is 9.50 Å². The van der Waals surface area contributed by atoms with E-state index in [9.17, 15) is 9.50 Å². The lowest BCUT2D eigenvalue weighted by Crippen LogP contribution is -2.05. The van der Waals surface area contributed by atoms with Crippen LogP contribution in [0.3, 0.4) is 0 Å². The van der Waals surface area contributed by atoms with Gasteiger partial charge in [-0.1, -0.05) is 6.07 Å². The van der Waals surface area contributed by atoms with Gasteiger partial charge in [-0.05, 0) is 36.2 Å². The van der Waals surface area contributed by atoms with Crippen molar-refractivity contribution in [3.05, 3.63) is 59.4 Å². The molecule has 4 heteroatoms. The highest BCUT2D eigenvalue weighted by atomic mass is 19.1. The lowest BCUT2D eigenvalue weighted by atomic mass is 10.1. The highest BCUT2D eigenvalue weighted by Crippen LogP contribution is 2.20. The molecule has 1 atom stereocenters. The average molecular weight is 218 g/mol. The number of aromatic nitrogens is 2. The summed E-state index contributed by atoms with van der Waals surface area (Å²) >= 11 is 0. The summed E-state index contributed by atoms with van der Waals surface area (Å²) in [6, 6.07) is 6.06. The van der Waals surface area contributed by atoms with Crippen molar-refractivity contribution in [1.82, 2.24) is 9.97 Å². The molecule has 1 aromatic heterocycles. The van der Waals surface area contributed by atoms with Crippen molar-refractivity contribution in [3.63, 3.8) is 0 Å². The van der Waals surface area contributed by atoms with E-state index in [2.05, 4.69) is 9.97 Å². The molecule has 1 heterocycles. The Kier molecular flexibility index (Phi) is 2.92. The summed E-state index contributed by atoms with van der Waals surface area (Å²) in [6.07, 6.45) is 2.09. The van der Waals surface area contributed by atoms with Crippen LogP contribution in [0.15, 0.2) is 36.7 Å². The molecule has 2 rings (SSSR count). The van der Waals surface area contributed by atoms with Crippen LogP contribution in [0, 0.1) is 12.7 Å². The van der Waals surface area contributed by atoms with Gasteiger partial charge in [0.25, 0.3) is 0 Å². The summed E-state index contributed by atoms with van der Waals surface area (Å²) in [5.41, 5.74) is 1.22. The van der Waals surface area contributed by atoms with Gasteiger partial charge in [-0.2, -0.15) is 0 Å². The van der Waals surface area contributed by atoms with Gasteiger partial charge in [-0.15, -0.1) is 0 Å². The van der Waals surface area contributed by atoms with Gasteiger partial charge < -0.3 is 5.11 Å². The van der Waals surface area contributed by atoms with Gasteiger partial charge in [0, 0.05) is 12.4 Å². The van der Waals surface area contributed by atoms with Crippen LogP contribution in [0.4, 0.5) is 4.39 Å². The minimum Gasteiger partial charge on any atom is -0.380 e. The van der Waals surface area contributed by atoms with Crippen LogP contribution in [-0.2, 0) is 0 Å². The molecular formula is C12H11FN2O. The molecule has 0 bridgehead atoms. The predicted octanol–water partition coefficient (Wildman–Crippen LogP) is 2.01. The number of aryl methyl sites for hydroxylation is 1. The first-order valence-electron chi connectivity index (χ1n) is 4.89. The van der Waals surface area contributed by atoms with Gasteiger partial charge in [0.15, 0.2) is 5.82 Å². The van der Waals surface area contributed by atoms with E-state index < -0.39 is 6.10 Å². The van der Waals surface area contributed by atoms with Gasteiger partial charge in [-0.25, -0.2) is 14.4 Å². The molecule has 0 aliphatic carbocycles. The first-order chi connectivity index (χ1) is 7.66. The molecule has 0 radical (unpaired) electrons. The van der Waals surface area contributed by atoms with E-state index in [0.717, 1.165) is 5.56 Å². The zero-order valence-corrected chi connectivity index (χ0v) is 8.76. The Balaban J connectivity index is 2.37. The molecule has 2 aromatic rings. The first-order valence-corrected chi connectivity index (χ1v) is 4.89. The number of hydrogen-bond donors (Lipinski definition) is 1. The highest BCUT2D eigenvalue weighted by molar-refractivity contribution is 5.28. The number of rotatable bonds is 2. The Labute approximate surface area is 92.6 Å². The van der Waals surface area contributed by atoms with Crippen molar-refractivity contribution in [1.29, 1.82) is 0 Å². The Morgan fingerprint density at radius 3 is 2.50 bits per heavy atom. The molecule has 0 fully saturated rings. The normalized spacial score (nSPS) is 12.4. The number of benzene rings is 1. The minimum absolute atomic E-state index is 0.271. The topological polar surface area (TPSA) is 46.0 Å². The number of hydrogen-bond acceptors (Lipinski definition) is 3.